The van der Waals surface area contributed by atoms with Gasteiger partial charge in [-0.2, -0.15) is 0 Å². The van der Waals surface area contributed by atoms with Gasteiger partial charge < -0.3 is 8.98 Å². The van der Waals surface area contributed by atoms with Gasteiger partial charge in [0, 0.05) is 38.4 Å². The van der Waals surface area contributed by atoms with Crippen molar-refractivity contribution < 1.29 is 4.42 Å². The molecule has 3 heterocycles. The van der Waals surface area contributed by atoms with Gasteiger partial charge in [-0.05, 0) is 104 Å². The second-order valence-electron chi connectivity index (χ2n) is 15.1. The summed E-state index contributed by atoms with van der Waals surface area (Å²) < 4.78 is 9.00. The molecule has 0 unspecified atom stereocenters. The number of aromatic nitrogens is 2. The van der Waals surface area contributed by atoms with E-state index in [4.69, 9.17) is 9.40 Å². The van der Waals surface area contributed by atoms with Gasteiger partial charge in [-0.1, -0.05) is 146 Å². The highest BCUT2D eigenvalue weighted by Crippen LogP contribution is 2.42. The third-order valence-electron chi connectivity index (χ3n) is 11.7. The van der Waals surface area contributed by atoms with Crippen LogP contribution in [0.25, 0.3) is 116 Å². The van der Waals surface area contributed by atoms with Gasteiger partial charge in [-0.15, -0.1) is 0 Å². The zero-order chi connectivity index (χ0) is 38.2. The van der Waals surface area contributed by atoms with Crippen LogP contribution in [0.3, 0.4) is 0 Å². The van der Waals surface area contributed by atoms with Crippen LogP contribution >= 0.6 is 0 Å². The fraction of sp³-hybridized carbons (Fsp3) is 0. The lowest BCUT2D eigenvalue weighted by Crippen LogP contribution is -1.98. The fourth-order valence-corrected chi connectivity index (χ4v) is 9.10. The van der Waals surface area contributed by atoms with Crippen LogP contribution in [0.4, 0.5) is 0 Å². The maximum atomic E-state index is 6.59. The lowest BCUT2D eigenvalue weighted by molar-refractivity contribution is 0.670. The Balaban J connectivity index is 1.17. The Morgan fingerprint density at radius 3 is 1.74 bits per heavy atom. The summed E-state index contributed by atoms with van der Waals surface area (Å²) in [4.78, 5) is 5.54. The third-order valence-corrected chi connectivity index (χ3v) is 11.7. The summed E-state index contributed by atoms with van der Waals surface area (Å²) >= 11 is 0. The van der Waals surface area contributed by atoms with Gasteiger partial charge in [-0.25, -0.2) is 4.98 Å². The van der Waals surface area contributed by atoms with Crippen LogP contribution in [-0.2, 0) is 0 Å². The van der Waals surface area contributed by atoms with E-state index < -0.39 is 0 Å². The Morgan fingerprint density at radius 1 is 0.345 bits per heavy atom. The predicted octanol–water partition coefficient (Wildman–Crippen LogP) is 15.1. The van der Waals surface area contributed by atoms with Gasteiger partial charge in [0.05, 0.1) is 22.4 Å². The van der Waals surface area contributed by atoms with Gasteiger partial charge in [0.1, 0.15) is 11.2 Å². The largest absolute Gasteiger partial charge is 0.455 e. The minimum atomic E-state index is 0.842. The first-order valence-electron chi connectivity index (χ1n) is 19.8. The lowest BCUT2D eigenvalue weighted by Gasteiger charge is -2.17. The average molecular weight is 739 g/mol. The summed E-state index contributed by atoms with van der Waals surface area (Å²) in [6.07, 6.45) is 0. The summed E-state index contributed by atoms with van der Waals surface area (Å²) in [5.41, 5.74) is 13.4. The number of pyridine rings is 1. The van der Waals surface area contributed by atoms with E-state index in [1.165, 1.54) is 48.9 Å². The van der Waals surface area contributed by atoms with Crippen LogP contribution in [-0.4, -0.2) is 9.55 Å². The van der Waals surface area contributed by atoms with Crippen molar-refractivity contribution in [1.82, 2.24) is 9.55 Å². The van der Waals surface area contributed by atoms with Crippen molar-refractivity contribution in [2.24, 2.45) is 0 Å². The Labute approximate surface area is 334 Å². The van der Waals surface area contributed by atoms with Crippen molar-refractivity contribution in [3.63, 3.8) is 0 Å². The molecule has 0 saturated heterocycles. The van der Waals surface area contributed by atoms with Crippen molar-refractivity contribution in [2.75, 3.05) is 0 Å². The van der Waals surface area contributed by atoms with E-state index in [1.54, 1.807) is 0 Å². The molecule has 0 aliphatic carbocycles. The molecule has 58 heavy (non-hydrogen) atoms. The number of rotatable bonds is 5. The highest BCUT2D eigenvalue weighted by atomic mass is 16.3. The van der Waals surface area contributed by atoms with Crippen molar-refractivity contribution in [3.8, 4) is 50.5 Å². The van der Waals surface area contributed by atoms with Crippen LogP contribution in [0, 0.1) is 0 Å². The zero-order valence-corrected chi connectivity index (χ0v) is 31.4. The smallest absolute Gasteiger partial charge is 0.144 e. The second-order valence-corrected chi connectivity index (χ2v) is 15.1. The van der Waals surface area contributed by atoms with Crippen LogP contribution in [0.2, 0.25) is 0 Å². The number of para-hydroxylation sites is 4. The molecule has 0 atom stereocenters. The minimum absolute atomic E-state index is 0.842. The van der Waals surface area contributed by atoms with E-state index in [1.807, 2.05) is 12.1 Å². The number of furan rings is 1. The van der Waals surface area contributed by atoms with Crippen molar-refractivity contribution in [1.29, 1.82) is 0 Å². The molecular formula is C55H34N2O. The third kappa shape index (κ3) is 5.11. The number of fused-ring (bicyclic) bond motifs is 9. The SMILES string of the molecule is c1ccc(-c2cc(-c3cc(-c4cc5ccccc5c5ccccc45)cc(-n4c5ccccc5c5ccccc54)c3)nc(-c3cccc4c3oc3ccccc34)c2)cc1. The normalized spacial score (nSPS) is 11.8. The molecular weight excluding hydrogens is 705 g/mol. The van der Waals surface area contributed by atoms with Crippen LogP contribution in [0.15, 0.2) is 211 Å². The molecule has 270 valence electrons. The Bertz CT molecular complexity index is 3520. The molecule has 0 saturated carbocycles. The molecule has 9 aromatic carbocycles. The fourth-order valence-electron chi connectivity index (χ4n) is 9.10. The number of nitrogens with zero attached hydrogens (tertiary/aromatic N) is 2. The molecule has 3 nitrogen and oxygen atoms in total. The first-order valence-corrected chi connectivity index (χ1v) is 19.8. The number of benzene rings is 9. The molecule has 12 aromatic rings. The summed E-state index contributed by atoms with van der Waals surface area (Å²) in [6.45, 7) is 0. The molecule has 0 bridgehead atoms. The van der Waals surface area contributed by atoms with Gasteiger partial charge in [-0.3, -0.25) is 0 Å². The number of hydrogen-bond acceptors (Lipinski definition) is 2. The van der Waals surface area contributed by atoms with E-state index in [0.717, 1.165) is 66.8 Å². The quantitative estimate of drug-likeness (QED) is 0.165. The van der Waals surface area contributed by atoms with Crippen LogP contribution in [0.5, 0.6) is 0 Å². The van der Waals surface area contributed by atoms with E-state index in [9.17, 15) is 0 Å². The Hall–Kier alpha value is -7.75. The topological polar surface area (TPSA) is 31.0 Å². The number of hydrogen-bond donors (Lipinski definition) is 0. The molecule has 3 heteroatoms. The molecule has 12 rings (SSSR count). The van der Waals surface area contributed by atoms with Crippen molar-refractivity contribution in [3.05, 3.63) is 206 Å². The highest BCUT2D eigenvalue weighted by molar-refractivity contribution is 6.15. The van der Waals surface area contributed by atoms with Crippen molar-refractivity contribution >= 4 is 65.3 Å². The van der Waals surface area contributed by atoms with Crippen LogP contribution < -0.4 is 0 Å². The van der Waals surface area contributed by atoms with E-state index in [2.05, 4.69) is 199 Å². The predicted molar refractivity (Wildman–Crippen MR) is 243 cm³/mol. The minimum Gasteiger partial charge on any atom is -0.455 e. The monoisotopic (exact) mass is 738 g/mol. The molecule has 0 N–H and O–H groups in total. The lowest BCUT2D eigenvalue weighted by atomic mass is 9.91. The highest BCUT2D eigenvalue weighted by Gasteiger charge is 2.19. The molecule has 3 aromatic heterocycles. The Morgan fingerprint density at radius 2 is 0.948 bits per heavy atom. The first-order chi connectivity index (χ1) is 28.7. The molecule has 0 fully saturated rings. The Kier molecular flexibility index (Phi) is 7.23. The maximum Gasteiger partial charge on any atom is 0.144 e. The summed E-state index contributed by atoms with van der Waals surface area (Å²) in [5.74, 6) is 0. The summed E-state index contributed by atoms with van der Waals surface area (Å²) in [5, 5.41) is 9.57. The van der Waals surface area contributed by atoms with Crippen molar-refractivity contribution in [2.45, 2.75) is 0 Å². The summed E-state index contributed by atoms with van der Waals surface area (Å²) in [7, 11) is 0. The van der Waals surface area contributed by atoms with Gasteiger partial charge in [0.25, 0.3) is 0 Å². The molecule has 0 amide bonds. The van der Waals surface area contributed by atoms with Gasteiger partial charge >= 0.3 is 0 Å². The molecule has 0 radical (unpaired) electrons. The molecule has 0 aliphatic heterocycles. The van der Waals surface area contributed by atoms with E-state index in [0.29, 0.717) is 0 Å². The van der Waals surface area contributed by atoms with Crippen LogP contribution in [0.1, 0.15) is 0 Å². The van der Waals surface area contributed by atoms with E-state index in [-0.39, 0.29) is 0 Å². The second kappa shape index (κ2) is 12.9. The summed E-state index contributed by atoms with van der Waals surface area (Å²) in [6, 6.07) is 74.0. The first kappa shape index (κ1) is 32.5. The average Bonchev–Trinajstić information content (AvgIpc) is 3.85. The molecule has 0 aliphatic rings. The molecule has 0 spiro atoms. The maximum absolute atomic E-state index is 6.59. The van der Waals surface area contributed by atoms with Gasteiger partial charge in [0.15, 0.2) is 0 Å². The zero-order valence-electron chi connectivity index (χ0n) is 31.4. The van der Waals surface area contributed by atoms with E-state index >= 15 is 0 Å². The standard InChI is InChI=1S/C55H34N2O/c1-2-15-35(16-3-1)37-33-50(56-51(34-37)48-25-14-24-47-46-23-10-13-28-54(46)58-55(47)48)39-29-38(49-32-36-17-4-5-18-41(36)42-19-6-7-20-43(42)49)30-40(31-39)57-52-26-11-8-21-44(52)45-22-9-12-27-53(45)57/h1-34H. The van der Waals surface area contributed by atoms with Gasteiger partial charge in [0.2, 0.25) is 0 Å².